The first kappa shape index (κ1) is 25.3. The maximum Gasteiger partial charge on any atom is 0.343 e. The minimum absolute atomic E-state index is 0.339. The summed E-state index contributed by atoms with van der Waals surface area (Å²) in [6.07, 6.45) is 7.26. The summed E-state index contributed by atoms with van der Waals surface area (Å²) >= 11 is 5.83. The fourth-order valence-corrected chi connectivity index (χ4v) is 3.38. The average molecular weight is 481 g/mol. The zero-order chi connectivity index (χ0) is 24.2. The van der Waals surface area contributed by atoms with Crippen molar-refractivity contribution >= 4 is 23.5 Å². The van der Waals surface area contributed by atoms with E-state index in [1.54, 1.807) is 72.8 Å². The maximum atomic E-state index is 12.4. The molecule has 34 heavy (non-hydrogen) atoms. The van der Waals surface area contributed by atoms with E-state index in [9.17, 15) is 9.59 Å². The summed E-state index contributed by atoms with van der Waals surface area (Å²) in [6.45, 7) is 2.88. The fraction of sp³-hybridized carbons (Fsp3) is 0.286. The maximum absolute atomic E-state index is 12.4. The highest BCUT2D eigenvalue weighted by atomic mass is 35.5. The third-order valence-corrected chi connectivity index (χ3v) is 5.43. The smallest absolute Gasteiger partial charge is 0.343 e. The summed E-state index contributed by atoms with van der Waals surface area (Å²) in [4.78, 5) is 24.6. The van der Waals surface area contributed by atoms with E-state index in [0.29, 0.717) is 34.3 Å². The number of rotatable bonds is 12. The topological polar surface area (TPSA) is 61.8 Å². The molecule has 0 fully saturated rings. The second-order valence-electron chi connectivity index (χ2n) is 7.90. The molecule has 0 aliphatic carbocycles. The number of halogens is 1. The summed E-state index contributed by atoms with van der Waals surface area (Å²) in [5.41, 5.74) is 0.810. The molecule has 3 aromatic rings. The summed E-state index contributed by atoms with van der Waals surface area (Å²) in [5, 5.41) is 0.540. The van der Waals surface area contributed by atoms with Crippen molar-refractivity contribution in [1.29, 1.82) is 0 Å². The highest BCUT2D eigenvalue weighted by Crippen LogP contribution is 2.21. The highest BCUT2D eigenvalue weighted by molar-refractivity contribution is 6.30. The molecule has 3 aromatic carbocycles. The molecule has 178 valence electrons. The van der Waals surface area contributed by atoms with Gasteiger partial charge in [0.05, 0.1) is 17.7 Å². The molecular formula is C28H29ClO5. The van der Waals surface area contributed by atoms with Gasteiger partial charge in [-0.3, -0.25) is 0 Å². The molecule has 0 aromatic heterocycles. The number of carbonyl (C=O) groups excluding carboxylic acids is 2. The quantitative estimate of drug-likeness (QED) is 0.152. The standard InChI is InChI=1S/C28H29ClO5/c1-2-3-4-5-6-7-20-32-24-14-10-22(11-15-24)28(31)34-26-18-16-25(17-19-26)33-27(30)21-8-12-23(29)13-9-21/h8-19H,2-7,20H2,1H3. The van der Waals surface area contributed by atoms with Gasteiger partial charge in [-0.1, -0.05) is 50.6 Å². The molecule has 0 N–H and O–H groups in total. The van der Waals surface area contributed by atoms with Gasteiger partial charge in [-0.25, -0.2) is 9.59 Å². The first-order valence-electron chi connectivity index (χ1n) is 11.6. The van der Waals surface area contributed by atoms with Gasteiger partial charge >= 0.3 is 11.9 Å². The Bertz CT molecular complexity index is 1040. The van der Waals surface area contributed by atoms with Crippen LogP contribution in [-0.4, -0.2) is 18.5 Å². The van der Waals surface area contributed by atoms with Crippen LogP contribution in [0.15, 0.2) is 72.8 Å². The summed E-state index contributed by atoms with van der Waals surface area (Å²) in [6, 6.07) is 19.6. The molecule has 0 atom stereocenters. The van der Waals surface area contributed by atoms with Crippen LogP contribution in [0.3, 0.4) is 0 Å². The second-order valence-corrected chi connectivity index (χ2v) is 8.33. The number of ether oxygens (including phenoxy) is 3. The van der Waals surface area contributed by atoms with Gasteiger partial charge < -0.3 is 14.2 Å². The van der Waals surface area contributed by atoms with Gasteiger partial charge in [0, 0.05) is 5.02 Å². The Kier molecular flexibility index (Phi) is 9.98. The van der Waals surface area contributed by atoms with Gasteiger partial charge in [-0.15, -0.1) is 0 Å². The molecular weight excluding hydrogens is 452 g/mol. The Balaban J connectivity index is 1.44. The zero-order valence-corrected chi connectivity index (χ0v) is 20.1. The molecule has 0 heterocycles. The molecule has 0 saturated carbocycles. The molecule has 0 spiro atoms. The van der Waals surface area contributed by atoms with E-state index in [1.807, 2.05) is 0 Å². The molecule has 0 amide bonds. The lowest BCUT2D eigenvalue weighted by atomic mass is 10.1. The van der Waals surface area contributed by atoms with Gasteiger partial charge in [0.15, 0.2) is 0 Å². The molecule has 0 aliphatic rings. The van der Waals surface area contributed by atoms with Crippen molar-refractivity contribution in [3.63, 3.8) is 0 Å². The molecule has 0 radical (unpaired) electrons. The van der Waals surface area contributed by atoms with E-state index in [-0.39, 0.29) is 0 Å². The van der Waals surface area contributed by atoms with Gasteiger partial charge in [-0.2, -0.15) is 0 Å². The number of carbonyl (C=O) groups is 2. The van der Waals surface area contributed by atoms with Crippen LogP contribution in [0.2, 0.25) is 5.02 Å². The van der Waals surface area contributed by atoms with Crippen LogP contribution in [0.4, 0.5) is 0 Å². The van der Waals surface area contributed by atoms with Gasteiger partial charge in [-0.05, 0) is 79.2 Å². The Hall–Kier alpha value is -3.31. The lowest BCUT2D eigenvalue weighted by molar-refractivity contribution is 0.0719. The first-order valence-corrected chi connectivity index (χ1v) is 12.0. The monoisotopic (exact) mass is 480 g/mol. The van der Waals surface area contributed by atoms with Crippen molar-refractivity contribution in [2.45, 2.75) is 45.4 Å². The van der Waals surface area contributed by atoms with E-state index < -0.39 is 11.9 Å². The molecule has 5 nitrogen and oxygen atoms in total. The van der Waals surface area contributed by atoms with E-state index >= 15 is 0 Å². The van der Waals surface area contributed by atoms with Crippen molar-refractivity contribution in [3.05, 3.63) is 88.9 Å². The van der Waals surface area contributed by atoms with Crippen LogP contribution < -0.4 is 14.2 Å². The predicted octanol–water partition coefficient (Wildman–Crippen LogP) is 7.52. The highest BCUT2D eigenvalue weighted by Gasteiger charge is 2.11. The van der Waals surface area contributed by atoms with Crippen LogP contribution in [0.25, 0.3) is 0 Å². The van der Waals surface area contributed by atoms with Gasteiger partial charge in [0.1, 0.15) is 17.2 Å². The Morgan fingerprint density at radius 1 is 0.618 bits per heavy atom. The minimum atomic E-state index is -0.500. The summed E-state index contributed by atoms with van der Waals surface area (Å²) in [5.74, 6) is 0.442. The predicted molar refractivity (Wildman–Crippen MR) is 133 cm³/mol. The average Bonchev–Trinajstić information content (AvgIpc) is 2.85. The fourth-order valence-electron chi connectivity index (χ4n) is 3.25. The zero-order valence-electron chi connectivity index (χ0n) is 19.3. The van der Waals surface area contributed by atoms with Crippen molar-refractivity contribution in [2.75, 3.05) is 6.61 Å². The van der Waals surface area contributed by atoms with Gasteiger partial charge in [0.25, 0.3) is 0 Å². The second kappa shape index (κ2) is 13.4. The number of esters is 2. The van der Waals surface area contributed by atoms with Crippen LogP contribution in [-0.2, 0) is 0 Å². The SMILES string of the molecule is CCCCCCCCOc1ccc(C(=O)Oc2ccc(OC(=O)c3ccc(Cl)cc3)cc2)cc1. The molecule has 3 rings (SSSR count). The Morgan fingerprint density at radius 2 is 1.06 bits per heavy atom. The molecule has 0 unspecified atom stereocenters. The number of unbranched alkanes of at least 4 members (excludes halogenated alkanes) is 5. The third kappa shape index (κ3) is 8.23. The third-order valence-electron chi connectivity index (χ3n) is 5.18. The van der Waals surface area contributed by atoms with Crippen molar-refractivity contribution in [3.8, 4) is 17.2 Å². The Morgan fingerprint density at radius 3 is 1.59 bits per heavy atom. The van der Waals surface area contributed by atoms with E-state index in [0.717, 1.165) is 12.2 Å². The summed E-state index contributed by atoms with van der Waals surface area (Å²) in [7, 11) is 0. The molecule has 0 aliphatic heterocycles. The van der Waals surface area contributed by atoms with E-state index in [2.05, 4.69) is 6.92 Å². The molecule has 6 heteroatoms. The van der Waals surface area contributed by atoms with Crippen LogP contribution in [0.1, 0.15) is 66.2 Å². The van der Waals surface area contributed by atoms with Crippen molar-refractivity contribution in [1.82, 2.24) is 0 Å². The van der Waals surface area contributed by atoms with Crippen LogP contribution >= 0.6 is 11.6 Å². The van der Waals surface area contributed by atoms with E-state index in [1.165, 1.54) is 32.1 Å². The molecule has 0 saturated heterocycles. The van der Waals surface area contributed by atoms with Crippen molar-refractivity contribution in [2.24, 2.45) is 0 Å². The Labute approximate surface area is 205 Å². The number of hydrogen-bond acceptors (Lipinski definition) is 5. The van der Waals surface area contributed by atoms with Crippen LogP contribution in [0.5, 0.6) is 17.2 Å². The molecule has 0 bridgehead atoms. The van der Waals surface area contributed by atoms with Gasteiger partial charge in [0.2, 0.25) is 0 Å². The largest absolute Gasteiger partial charge is 0.494 e. The van der Waals surface area contributed by atoms with Crippen molar-refractivity contribution < 1.29 is 23.8 Å². The number of benzene rings is 3. The minimum Gasteiger partial charge on any atom is -0.494 e. The normalized spacial score (nSPS) is 10.5. The summed E-state index contributed by atoms with van der Waals surface area (Å²) < 4.78 is 16.5. The number of hydrogen-bond donors (Lipinski definition) is 0. The van der Waals surface area contributed by atoms with E-state index in [4.69, 9.17) is 25.8 Å². The lowest BCUT2D eigenvalue weighted by Gasteiger charge is -2.08. The first-order chi connectivity index (χ1) is 16.5. The van der Waals surface area contributed by atoms with Crippen LogP contribution in [0, 0.1) is 0 Å². The lowest BCUT2D eigenvalue weighted by Crippen LogP contribution is -2.09.